The van der Waals surface area contributed by atoms with Gasteiger partial charge >= 0.3 is 5.97 Å². The molecule has 0 fully saturated rings. The van der Waals surface area contributed by atoms with E-state index in [4.69, 9.17) is 27.9 Å². The fraction of sp³-hybridized carbons (Fsp3) is 0.393. The Balaban J connectivity index is 1.31. The summed E-state index contributed by atoms with van der Waals surface area (Å²) in [4.78, 5) is 40.2. The van der Waals surface area contributed by atoms with E-state index in [-0.39, 0.29) is 41.0 Å². The molecule has 3 heterocycles. The molecule has 0 aliphatic carbocycles. The molecule has 1 atom stereocenters. The fourth-order valence-corrected chi connectivity index (χ4v) is 7.02. The van der Waals surface area contributed by atoms with Crippen LogP contribution in [0.1, 0.15) is 50.2 Å². The van der Waals surface area contributed by atoms with E-state index in [1.54, 1.807) is 29.2 Å². The summed E-state index contributed by atoms with van der Waals surface area (Å²) >= 11 is 13.2. The molecule has 0 radical (unpaired) electrons. The van der Waals surface area contributed by atoms with E-state index in [0.29, 0.717) is 54.8 Å². The van der Waals surface area contributed by atoms with Crippen LogP contribution < -0.4 is 10.1 Å². The topological polar surface area (TPSA) is 133 Å². The molecule has 0 saturated heterocycles. The van der Waals surface area contributed by atoms with E-state index < -0.39 is 27.9 Å². The Hall–Kier alpha value is -3.12. The predicted octanol–water partition coefficient (Wildman–Crippen LogP) is 3.29. The molecule has 5 rings (SSSR count). The third kappa shape index (κ3) is 6.23. The smallest absolute Gasteiger partial charge is 0.326 e. The summed E-state index contributed by atoms with van der Waals surface area (Å²) in [5, 5.41) is 12.5. The molecular weight excluding hydrogens is 593 g/mol. The first kappa shape index (κ1) is 29.4. The molecule has 2 amide bonds. The van der Waals surface area contributed by atoms with Crippen LogP contribution in [0.4, 0.5) is 0 Å². The zero-order valence-electron chi connectivity index (χ0n) is 22.3. The molecule has 10 nitrogen and oxygen atoms in total. The normalized spacial score (nSPS) is 17.6. The number of ether oxygens (including phenoxy) is 1. The molecule has 0 aromatic heterocycles. The second kappa shape index (κ2) is 11.6. The van der Waals surface area contributed by atoms with Crippen LogP contribution >= 0.6 is 23.2 Å². The van der Waals surface area contributed by atoms with Gasteiger partial charge < -0.3 is 20.1 Å². The zero-order chi connectivity index (χ0) is 29.5. The van der Waals surface area contributed by atoms with Crippen molar-refractivity contribution in [3.8, 4) is 5.75 Å². The fourth-order valence-electron chi connectivity index (χ4n) is 5.42. The molecule has 13 heteroatoms. The van der Waals surface area contributed by atoms with Gasteiger partial charge in [0.25, 0.3) is 11.8 Å². The van der Waals surface area contributed by atoms with Gasteiger partial charge in [-0.3, -0.25) is 9.59 Å². The van der Waals surface area contributed by atoms with Crippen LogP contribution in [0.25, 0.3) is 0 Å². The van der Waals surface area contributed by atoms with Gasteiger partial charge in [-0.25, -0.2) is 13.2 Å². The van der Waals surface area contributed by atoms with Crippen LogP contribution in [0.2, 0.25) is 10.0 Å². The van der Waals surface area contributed by atoms with Gasteiger partial charge in [-0.1, -0.05) is 40.9 Å². The maximum Gasteiger partial charge on any atom is 0.326 e. The van der Waals surface area contributed by atoms with Crippen LogP contribution in [0.3, 0.4) is 0 Å². The van der Waals surface area contributed by atoms with E-state index >= 15 is 0 Å². The summed E-state index contributed by atoms with van der Waals surface area (Å²) in [6, 6.07) is 5.73. The largest absolute Gasteiger partial charge is 0.493 e. The minimum absolute atomic E-state index is 0.0377. The van der Waals surface area contributed by atoms with Gasteiger partial charge in [0, 0.05) is 44.6 Å². The predicted molar refractivity (Wildman–Crippen MR) is 153 cm³/mol. The lowest BCUT2D eigenvalue weighted by molar-refractivity contribution is -0.139. The molecule has 41 heavy (non-hydrogen) atoms. The summed E-state index contributed by atoms with van der Waals surface area (Å²) in [6.07, 6.45) is 4.48. The Labute approximate surface area is 247 Å². The Morgan fingerprint density at radius 1 is 1.10 bits per heavy atom. The molecule has 2 aromatic rings. The number of carbonyl (C=O) groups excluding carboxylic acids is 2. The second-order valence-corrected chi connectivity index (χ2v) is 13.2. The maximum atomic E-state index is 13.3. The number of carboxylic acids is 1. The molecule has 0 spiro atoms. The lowest BCUT2D eigenvalue weighted by atomic mass is 9.95. The number of nitrogens with zero attached hydrogens (tertiary/aromatic N) is 2. The van der Waals surface area contributed by atoms with Gasteiger partial charge in [-0.15, -0.1) is 0 Å². The molecule has 3 aliphatic heterocycles. The molecule has 0 saturated carbocycles. The molecule has 218 valence electrons. The average molecular weight is 623 g/mol. The number of halogens is 2. The Morgan fingerprint density at radius 2 is 1.88 bits per heavy atom. The van der Waals surface area contributed by atoms with Crippen molar-refractivity contribution in [3.63, 3.8) is 0 Å². The number of amides is 2. The first-order valence-corrected chi connectivity index (χ1v) is 15.7. The van der Waals surface area contributed by atoms with Crippen molar-refractivity contribution < 1.29 is 32.6 Å². The molecule has 2 N–H and O–H groups in total. The molecule has 0 bridgehead atoms. The van der Waals surface area contributed by atoms with E-state index in [2.05, 4.69) is 5.32 Å². The third-order valence-corrected chi connectivity index (χ3v) is 9.56. The van der Waals surface area contributed by atoms with Gasteiger partial charge in [-0.05, 0) is 47.7 Å². The number of fused-ring (bicyclic) bond motifs is 2. The lowest BCUT2D eigenvalue weighted by Crippen LogP contribution is -2.43. The van der Waals surface area contributed by atoms with Crippen molar-refractivity contribution in [2.24, 2.45) is 0 Å². The minimum Gasteiger partial charge on any atom is -0.493 e. The third-order valence-electron chi connectivity index (χ3n) is 7.59. The number of hydrogen-bond donors (Lipinski definition) is 2. The van der Waals surface area contributed by atoms with Crippen LogP contribution in [-0.2, 0) is 34.2 Å². The van der Waals surface area contributed by atoms with Crippen molar-refractivity contribution >= 4 is 51.0 Å². The van der Waals surface area contributed by atoms with Crippen LogP contribution in [-0.4, -0.2) is 79.1 Å². The quantitative estimate of drug-likeness (QED) is 0.453. The standard InChI is InChI=1S/C28H29Cl2N3O7S/c1-41(38,39)33-8-2-3-16(14-33)11-22(28(36)37)31-26(34)24-21(29)12-19-15-32(9-6-20(19)25(24)30)27(35)18-5-4-17-7-10-40-23(17)13-18/h3-5,12-13,22H,2,6-11,14-15H2,1H3,(H,31,34)(H,36,37)/t22-/m0/s1. The first-order chi connectivity index (χ1) is 19.4. The Kier molecular flexibility index (Phi) is 8.34. The summed E-state index contributed by atoms with van der Waals surface area (Å²) in [6.45, 7) is 1.60. The number of carbonyl (C=O) groups is 3. The minimum atomic E-state index is -3.44. The number of nitrogens with one attached hydrogen (secondary N) is 1. The van der Waals surface area contributed by atoms with Gasteiger partial charge in [0.2, 0.25) is 10.0 Å². The molecule has 2 aromatic carbocycles. The van der Waals surface area contributed by atoms with Crippen molar-refractivity contribution in [3.05, 3.63) is 73.8 Å². The number of aliphatic carboxylic acids is 1. The maximum absolute atomic E-state index is 13.3. The number of hydrogen-bond acceptors (Lipinski definition) is 6. The number of benzene rings is 2. The van der Waals surface area contributed by atoms with E-state index in [0.717, 1.165) is 24.0 Å². The van der Waals surface area contributed by atoms with Crippen LogP contribution in [0.5, 0.6) is 5.75 Å². The zero-order valence-corrected chi connectivity index (χ0v) is 24.6. The van der Waals surface area contributed by atoms with Crippen LogP contribution in [0.15, 0.2) is 35.9 Å². The highest BCUT2D eigenvalue weighted by Crippen LogP contribution is 2.35. The molecular formula is C28H29Cl2N3O7S. The molecule has 3 aliphatic rings. The average Bonchev–Trinajstić information content (AvgIpc) is 3.39. The van der Waals surface area contributed by atoms with Crippen LogP contribution in [0, 0.1) is 0 Å². The number of rotatable bonds is 7. The highest BCUT2D eigenvalue weighted by Gasteiger charge is 2.31. The van der Waals surface area contributed by atoms with E-state index in [1.165, 1.54) is 4.31 Å². The number of carboxylic acid groups (broad SMARTS) is 1. The van der Waals surface area contributed by atoms with Crippen molar-refractivity contribution in [2.75, 3.05) is 32.5 Å². The van der Waals surface area contributed by atoms with E-state index in [9.17, 15) is 27.9 Å². The summed E-state index contributed by atoms with van der Waals surface area (Å²) in [5.41, 5.74) is 3.53. The number of sulfonamides is 1. The van der Waals surface area contributed by atoms with Gasteiger partial charge in [0.15, 0.2) is 0 Å². The summed E-state index contributed by atoms with van der Waals surface area (Å²) < 4.78 is 30.7. The van der Waals surface area contributed by atoms with Crippen molar-refractivity contribution in [2.45, 2.75) is 38.3 Å². The summed E-state index contributed by atoms with van der Waals surface area (Å²) in [5.74, 6) is -1.45. The first-order valence-electron chi connectivity index (χ1n) is 13.1. The van der Waals surface area contributed by atoms with Crippen molar-refractivity contribution in [1.82, 2.24) is 14.5 Å². The lowest BCUT2D eigenvalue weighted by Gasteiger charge is -2.30. The highest BCUT2D eigenvalue weighted by atomic mass is 35.5. The van der Waals surface area contributed by atoms with Gasteiger partial charge in [0.05, 0.1) is 28.5 Å². The SMILES string of the molecule is CS(=O)(=O)N1CCC=C(C[C@H](NC(=O)c2c(Cl)cc3c(c2Cl)CCN(C(=O)c2ccc4c(c2)OCC4)C3)C(=O)O)C1. The van der Waals surface area contributed by atoms with Crippen molar-refractivity contribution in [1.29, 1.82) is 0 Å². The summed E-state index contributed by atoms with van der Waals surface area (Å²) in [7, 11) is -3.44. The van der Waals surface area contributed by atoms with Gasteiger partial charge in [0.1, 0.15) is 11.8 Å². The Bertz CT molecular complexity index is 1570. The van der Waals surface area contributed by atoms with E-state index in [1.807, 2.05) is 6.07 Å². The Morgan fingerprint density at radius 3 is 2.61 bits per heavy atom. The van der Waals surface area contributed by atoms with Gasteiger partial charge in [-0.2, -0.15) is 4.31 Å². The second-order valence-electron chi connectivity index (χ2n) is 10.4. The molecule has 0 unspecified atom stereocenters. The highest BCUT2D eigenvalue weighted by molar-refractivity contribution is 7.88. The monoisotopic (exact) mass is 621 g/mol.